The Morgan fingerprint density at radius 2 is 2.15 bits per heavy atom. The monoisotopic (exact) mass is 453 g/mol. The Hall–Kier alpha value is -3.41. The fraction of sp³-hybridized carbons (Fsp3) is 0.500. The molecule has 1 saturated heterocycles. The highest BCUT2D eigenvalue weighted by atomic mass is 19.1. The molecular formula is C24H28FN5O3. The molecule has 2 fully saturated rings. The first-order valence-corrected chi connectivity index (χ1v) is 11.2. The molecule has 2 aliphatic rings. The number of amides is 2. The Bertz CT molecular complexity index is 1070. The SMILES string of the molecule is CC(C)(C)OC(=O)N1C2CCC(C2)C1C(=O)NC(C#N)Cc1ccc(-c2ccn[nH]2)cc1F. The average molecular weight is 454 g/mol. The van der Waals surface area contributed by atoms with E-state index in [4.69, 9.17) is 4.74 Å². The van der Waals surface area contributed by atoms with Gasteiger partial charge in [-0.15, -0.1) is 0 Å². The fourth-order valence-corrected chi connectivity index (χ4v) is 4.81. The normalized spacial score (nSPS) is 22.6. The van der Waals surface area contributed by atoms with Crippen LogP contribution in [0.3, 0.4) is 0 Å². The van der Waals surface area contributed by atoms with E-state index in [-0.39, 0.29) is 18.4 Å². The summed E-state index contributed by atoms with van der Waals surface area (Å²) in [6.07, 6.45) is 3.53. The summed E-state index contributed by atoms with van der Waals surface area (Å²) in [6.45, 7) is 5.35. The van der Waals surface area contributed by atoms with E-state index in [2.05, 4.69) is 21.6 Å². The maximum absolute atomic E-state index is 14.7. The molecule has 2 N–H and O–H groups in total. The van der Waals surface area contributed by atoms with Crippen LogP contribution in [0.2, 0.25) is 0 Å². The molecule has 0 radical (unpaired) electrons. The van der Waals surface area contributed by atoms with E-state index < -0.39 is 35.5 Å². The smallest absolute Gasteiger partial charge is 0.411 e. The number of ether oxygens (including phenoxy) is 1. The molecule has 2 amide bonds. The summed E-state index contributed by atoms with van der Waals surface area (Å²) < 4.78 is 20.2. The molecule has 0 spiro atoms. The molecule has 2 heterocycles. The second-order valence-electron chi connectivity index (χ2n) is 9.73. The van der Waals surface area contributed by atoms with E-state index in [1.165, 1.54) is 11.0 Å². The van der Waals surface area contributed by atoms with Gasteiger partial charge in [-0.3, -0.25) is 14.8 Å². The van der Waals surface area contributed by atoms with Crippen molar-refractivity contribution < 1.29 is 18.7 Å². The zero-order chi connectivity index (χ0) is 23.8. The number of rotatable bonds is 5. The standard InChI is InChI=1S/C24H28FN5O3/c1-24(2,3)33-23(32)30-18-7-6-16(11-18)21(30)22(31)28-17(13-26)10-14-4-5-15(12-19(14)25)20-8-9-27-29-20/h4-5,8-9,12,16-18,21H,6-7,10-11H2,1-3H3,(H,27,29)(H,28,31). The number of likely N-dealkylation sites (tertiary alicyclic amines) is 1. The number of hydrogen-bond donors (Lipinski definition) is 2. The molecule has 1 aromatic heterocycles. The Morgan fingerprint density at radius 3 is 2.79 bits per heavy atom. The Labute approximate surface area is 192 Å². The van der Waals surface area contributed by atoms with E-state index in [1.54, 1.807) is 45.2 Å². The molecule has 1 aromatic carbocycles. The zero-order valence-electron chi connectivity index (χ0n) is 19.0. The van der Waals surface area contributed by atoms with Gasteiger partial charge < -0.3 is 10.1 Å². The van der Waals surface area contributed by atoms with Gasteiger partial charge in [-0.1, -0.05) is 12.1 Å². The van der Waals surface area contributed by atoms with Crippen LogP contribution in [0.4, 0.5) is 9.18 Å². The number of hydrogen-bond acceptors (Lipinski definition) is 5. The molecule has 1 aliphatic heterocycles. The van der Waals surface area contributed by atoms with E-state index in [0.717, 1.165) is 19.3 Å². The van der Waals surface area contributed by atoms with Crippen molar-refractivity contribution in [1.82, 2.24) is 20.4 Å². The van der Waals surface area contributed by atoms with Gasteiger partial charge >= 0.3 is 6.09 Å². The minimum absolute atomic E-state index is 0.0184. The van der Waals surface area contributed by atoms with Crippen LogP contribution >= 0.6 is 0 Å². The van der Waals surface area contributed by atoms with Crippen molar-refractivity contribution in [3.05, 3.63) is 41.8 Å². The van der Waals surface area contributed by atoms with Crippen LogP contribution in [0.1, 0.15) is 45.6 Å². The molecule has 174 valence electrons. The maximum Gasteiger partial charge on any atom is 0.411 e. The fourth-order valence-electron chi connectivity index (χ4n) is 4.81. The molecule has 4 atom stereocenters. The number of aromatic nitrogens is 2. The van der Waals surface area contributed by atoms with Crippen molar-refractivity contribution in [3.8, 4) is 17.3 Å². The average Bonchev–Trinajstić information content (AvgIpc) is 3.50. The number of benzene rings is 1. The number of aromatic amines is 1. The van der Waals surface area contributed by atoms with E-state index in [1.807, 2.05) is 0 Å². The van der Waals surface area contributed by atoms with Gasteiger partial charge in [0.25, 0.3) is 0 Å². The summed E-state index contributed by atoms with van der Waals surface area (Å²) in [5, 5.41) is 19.0. The van der Waals surface area contributed by atoms with Crippen molar-refractivity contribution in [2.45, 2.75) is 70.2 Å². The first-order chi connectivity index (χ1) is 15.7. The highest BCUT2D eigenvalue weighted by molar-refractivity contribution is 5.87. The van der Waals surface area contributed by atoms with Crippen molar-refractivity contribution >= 4 is 12.0 Å². The molecule has 2 aromatic rings. The summed E-state index contributed by atoms with van der Waals surface area (Å²) in [6, 6.07) is 6.86. The van der Waals surface area contributed by atoms with E-state index >= 15 is 0 Å². The molecule has 2 bridgehead atoms. The zero-order valence-corrected chi connectivity index (χ0v) is 19.0. The summed E-state index contributed by atoms with van der Waals surface area (Å²) in [5.41, 5.74) is 0.974. The lowest BCUT2D eigenvalue weighted by Crippen LogP contribution is -2.55. The largest absolute Gasteiger partial charge is 0.444 e. The van der Waals surface area contributed by atoms with Crippen LogP contribution in [0.5, 0.6) is 0 Å². The van der Waals surface area contributed by atoms with Gasteiger partial charge in [-0.2, -0.15) is 10.4 Å². The van der Waals surface area contributed by atoms with Crippen molar-refractivity contribution in [3.63, 3.8) is 0 Å². The van der Waals surface area contributed by atoms with Gasteiger partial charge in [0.2, 0.25) is 5.91 Å². The van der Waals surface area contributed by atoms with Crippen molar-refractivity contribution in [2.75, 3.05) is 0 Å². The Balaban J connectivity index is 1.45. The third-order valence-corrected chi connectivity index (χ3v) is 6.22. The van der Waals surface area contributed by atoms with E-state index in [0.29, 0.717) is 16.8 Å². The Morgan fingerprint density at radius 1 is 1.36 bits per heavy atom. The van der Waals surface area contributed by atoms with Crippen LogP contribution < -0.4 is 5.32 Å². The minimum atomic E-state index is -0.926. The number of nitriles is 1. The van der Waals surface area contributed by atoms with E-state index in [9.17, 15) is 19.2 Å². The van der Waals surface area contributed by atoms with Gasteiger partial charge in [0.05, 0.1) is 11.8 Å². The number of piperidine rings is 1. The van der Waals surface area contributed by atoms with Gasteiger partial charge in [-0.05, 0) is 63.6 Å². The summed E-state index contributed by atoms with van der Waals surface area (Å²) >= 11 is 0. The highest BCUT2D eigenvalue weighted by Gasteiger charge is 2.52. The summed E-state index contributed by atoms with van der Waals surface area (Å²) in [4.78, 5) is 27.5. The number of nitrogens with zero attached hydrogens (tertiary/aromatic N) is 3. The molecule has 8 nitrogen and oxygen atoms in total. The lowest BCUT2D eigenvalue weighted by molar-refractivity contribution is -0.128. The van der Waals surface area contributed by atoms with Crippen LogP contribution in [0.15, 0.2) is 30.5 Å². The molecular weight excluding hydrogens is 425 g/mol. The summed E-state index contributed by atoms with van der Waals surface area (Å²) in [7, 11) is 0. The highest BCUT2D eigenvalue weighted by Crippen LogP contribution is 2.43. The Kier molecular flexibility index (Phi) is 6.11. The molecule has 1 aliphatic carbocycles. The van der Waals surface area contributed by atoms with Gasteiger partial charge in [-0.25, -0.2) is 9.18 Å². The van der Waals surface area contributed by atoms with Crippen molar-refractivity contribution in [2.24, 2.45) is 5.92 Å². The second kappa shape index (κ2) is 8.85. The quantitative estimate of drug-likeness (QED) is 0.719. The molecule has 4 unspecified atom stereocenters. The lowest BCUT2D eigenvalue weighted by Gasteiger charge is -2.35. The van der Waals surface area contributed by atoms with Gasteiger partial charge in [0.1, 0.15) is 23.5 Å². The van der Waals surface area contributed by atoms with Crippen molar-refractivity contribution in [1.29, 1.82) is 5.26 Å². The second-order valence-corrected chi connectivity index (χ2v) is 9.73. The number of carbonyl (C=O) groups excluding carboxylic acids is 2. The number of nitrogens with one attached hydrogen (secondary N) is 2. The first-order valence-electron chi connectivity index (χ1n) is 11.2. The van der Waals surface area contributed by atoms with Gasteiger partial charge in [0.15, 0.2) is 0 Å². The predicted octanol–water partition coefficient (Wildman–Crippen LogP) is 3.55. The number of halogens is 1. The maximum atomic E-state index is 14.7. The summed E-state index contributed by atoms with van der Waals surface area (Å²) in [5.74, 6) is -0.826. The van der Waals surface area contributed by atoms with Crippen LogP contribution in [0, 0.1) is 23.1 Å². The number of fused-ring (bicyclic) bond motifs is 2. The third kappa shape index (κ3) is 4.85. The predicted molar refractivity (Wildman–Crippen MR) is 118 cm³/mol. The first kappa shape index (κ1) is 22.8. The molecule has 4 rings (SSSR count). The van der Waals surface area contributed by atoms with Crippen LogP contribution in [-0.4, -0.2) is 50.8 Å². The molecule has 9 heteroatoms. The molecule has 1 saturated carbocycles. The minimum Gasteiger partial charge on any atom is -0.444 e. The number of carbonyl (C=O) groups is 2. The lowest BCUT2D eigenvalue weighted by atomic mass is 9.97. The van der Waals surface area contributed by atoms with Crippen LogP contribution in [-0.2, 0) is 16.0 Å². The number of H-pyrrole nitrogens is 1. The van der Waals surface area contributed by atoms with Crippen LogP contribution in [0.25, 0.3) is 11.3 Å². The van der Waals surface area contributed by atoms with Gasteiger partial charge in [0, 0.05) is 24.2 Å². The topological polar surface area (TPSA) is 111 Å². The molecule has 33 heavy (non-hydrogen) atoms. The third-order valence-electron chi connectivity index (χ3n) is 6.22.